The van der Waals surface area contributed by atoms with Crippen LogP contribution in [-0.2, 0) is 23.1 Å². The minimum absolute atomic E-state index is 0.000729. The van der Waals surface area contributed by atoms with Crippen molar-refractivity contribution >= 4 is 44.5 Å². The lowest BCUT2D eigenvalue weighted by molar-refractivity contribution is 0.0879. The Hall–Kier alpha value is -2.33. The molecule has 3 heterocycles. The van der Waals surface area contributed by atoms with Crippen LogP contribution in [0, 0.1) is 0 Å². The van der Waals surface area contributed by atoms with Gasteiger partial charge in [-0.3, -0.25) is 14.9 Å². The van der Waals surface area contributed by atoms with E-state index in [1.54, 1.807) is 0 Å². The Kier molecular flexibility index (Phi) is 4.68. The molecule has 0 radical (unpaired) electrons. The number of fused-ring (bicyclic) bond motifs is 1. The molecule has 1 aliphatic rings. The van der Waals surface area contributed by atoms with Gasteiger partial charge in [-0.1, -0.05) is 12.1 Å². The highest BCUT2D eigenvalue weighted by molar-refractivity contribution is 7.89. The van der Waals surface area contributed by atoms with Crippen LogP contribution in [0.5, 0.6) is 0 Å². The van der Waals surface area contributed by atoms with Gasteiger partial charge in [0.25, 0.3) is 11.8 Å². The van der Waals surface area contributed by atoms with Gasteiger partial charge in [-0.2, -0.15) is 4.31 Å². The fourth-order valence-corrected chi connectivity index (χ4v) is 5.86. The van der Waals surface area contributed by atoms with E-state index in [9.17, 15) is 18.0 Å². The molecule has 2 amide bonds. The molecule has 27 heavy (non-hydrogen) atoms. The monoisotopic (exact) mass is 418 g/mol. The predicted molar refractivity (Wildman–Crippen MR) is 103 cm³/mol. The van der Waals surface area contributed by atoms with E-state index in [1.165, 1.54) is 45.2 Å². The van der Waals surface area contributed by atoms with Crippen LogP contribution in [0.1, 0.15) is 30.5 Å². The Morgan fingerprint density at radius 1 is 0.852 bits per heavy atom. The summed E-state index contributed by atoms with van der Waals surface area (Å²) in [6, 6.07) is 11.6. The van der Waals surface area contributed by atoms with Gasteiger partial charge in [0, 0.05) is 22.8 Å². The Bertz CT molecular complexity index is 1070. The van der Waals surface area contributed by atoms with E-state index < -0.39 is 21.8 Å². The minimum Gasteiger partial charge on any atom is -0.288 e. The number of imide groups is 1. The molecule has 6 nitrogen and oxygen atoms in total. The molecule has 9 heteroatoms. The molecule has 0 atom stereocenters. The molecule has 1 N–H and O–H groups in total. The second-order valence-corrected chi connectivity index (χ2v) is 9.92. The van der Waals surface area contributed by atoms with Crippen LogP contribution in [0.25, 0.3) is 0 Å². The molecule has 0 spiro atoms. The molecule has 2 aromatic heterocycles. The molecule has 1 aliphatic heterocycles. The van der Waals surface area contributed by atoms with Crippen LogP contribution in [0.3, 0.4) is 0 Å². The van der Waals surface area contributed by atoms with Crippen molar-refractivity contribution in [3.05, 3.63) is 74.1 Å². The highest BCUT2D eigenvalue weighted by Gasteiger charge is 2.31. The van der Waals surface area contributed by atoms with Gasteiger partial charge in [0.15, 0.2) is 0 Å². The van der Waals surface area contributed by atoms with Gasteiger partial charge in [0.05, 0.1) is 16.0 Å². The van der Waals surface area contributed by atoms with Gasteiger partial charge in [0.1, 0.15) is 0 Å². The van der Waals surface area contributed by atoms with E-state index >= 15 is 0 Å². The summed E-state index contributed by atoms with van der Waals surface area (Å²) >= 11 is 2.97. The third-order valence-corrected chi connectivity index (χ3v) is 7.68. The van der Waals surface area contributed by atoms with E-state index in [1.807, 2.05) is 35.0 Å². The Morgan fingerprint density at radius 3 is 2.00 bits per heavy atom. The van der Waals surface area contributed by atoms with Gasteiger partial charge in [0.2, 0.25) is 10.0 Å². The van der Waals surface area contributed by atoms with E-state index in [0.717, 1.165) is 9.75 Å². The molecule has 0 bridgehead atoms. The van der Waals surface area contributed by atoms with Crippen molar-refractivity contribution in [2.24, 2.45) is 0 Å². The van der Waals surface area contributed by atoms with Crippen molar-refractivity contribution in [3.8, 4) is 0 Å². The number of hydrogen-bond donors (Lipinski definition) is 1. The van der Waals surface area contributed by atoms with Crippen molar-refractivity contribution < 1.29 is 18.0 Å². The third-order valence-electron chi connectivity index (χ3n) is 4.17. The molecule has 4 rings (SSSR count). The minimum atomic E-state index is -3.86. The van der Waals surface area contributed by atoms with Gasteiger partial charge in [-0.05, 0) is 41.1 Å². The van der Waals surface area contributed by atoms with Crippen LogP contribution in [0.15, 0.2) is 58.1 Å². The van der Waals surface area contributed by atoms with Gasteiger partial charge >= 0.3 is 0 Å². The molecule has 3 aromatic rings. The lowest BCUT2D eigenvalue weighted by Crippen LogP contribution is -2.30. The number of carbonyl (C=O) groups is 2. The third kappa shape index (κ3) is 3.46. The summed E-state index contributed by atoms with van der Waals surface area (Å²) in [5.41, 5.74) is 0.287. The molecule has 0 aliphatic carbocycles. The Morgan fingerprint density at radius 2 is 1.44 bits per heavy atom. The van der Waals surface area contributed by atoms with Crippen LogP contribution < -0.4 is 5.32 Å². The number of nitrogens with one attached hydrogen (secondary N) is 1. The van der Waals surface area contributed by atoms with Crippen molar-refractivity contribution in [2.45, 2.75) is 18.0 Å². The fraction of sp³-hybridized carbons (Fsp3) is 0.111. The van der Waals surface area contributed by atoms with Crippen molar-refractivity contribution in [1.82, 2.24) is 9.62 Å². The second kappa shape index (κ2) is 7.01. The number of nitrogens with zero attached hydrogens (tertiary/aromatic N) is 1. The summed E-state index contributed by atoms with van der Waals surface area (Å²) in [5.74, 6) is -1.08. The number of carbonyl (C=O) groups excluding carboxylic acids is 2. The van der Waals surface area contributed by atoms with Crippen LogP contribution in [0.4, 0.5) is 0 Å². The Balaban J connectivity index is 1.73. The number of rotatable bonds is 6. The SMILES string of the molecule is O=C1NC(=O)c2cc(S(=O)(=O)N(Cc3cccs3)Cc3cccs3)ccc21. The number of thiophene rings is 2. The first-order valence-electron chi connectivity index (χ1n) is 8.00. The standard InChI is InChI=1S/C18H14N2O4S3/c21-17-15-6-5-14(9-16(15)18(22)19-17)27(23,24)20(10-12-3-1-7-25-12)11-13-4-2-8-26-13/h1-9H,10-11H2,(H,19,21,22). The largest absolute Gasteiger partial charge is 0.288 e. The van der Waals surface area contributed by atoms with Crippen LogP contribution in [0.2, 0.25) is 0 Å². The average molecular weight is 419 g/mol. The van der Waals surface area contributed by atoms with Crippen LogP contribution >= 0.6 is 22.7 Å². The summed E-state index contributed by atoms with van der Waals surface area (Å²) in [6.45, 7) is 0.472. The Labute approximate surface area is 164 Å². The van der Waals surface area contributed by atoms with E-state index in [4.69, 9.17) is 0 Å². The highest BCUT2D eigenvalue weighted by Crippen LogP contribution is 2.27. The zero-order valence-electron chi connectivity index (χ0n) is 13.9. The molecular weight excluding hydrogens is 404 g/mol. The first-order chi connectivity index (χ1) is 12.9. The maximum absolute atomic E-state index is 13.3. The van der Waals surface area contributed by atoms with Gasteiger partial charge < -0.3 is 0 Å². The van der Waals surface area contributed by atoms with Crippen molar-refractivity contribution in [2.75, 3.05) is 0 Å². The summed E-state index contributed by atoms with van der Waals surface area (Å²) < 4.78 is 28.0. The normalized spacial score (nSPS) is 13.8. The zero-order valence-corrected chi connectivity index (χ0v) is 16.4. The number of benzene rings is 1. The summed E-state index contributed by atoms with van der Waals surface area (Å²) in [5, 5.41) is 5.98. The maximum Gasteiger partial charge on any atom is 0.258 e. The molecule has 1 aromatic carbocycles. The maximum atomic E-state index is 13.3. The lowest BCUT2D eigenvalue weighted by atomic mass is 10.1. The smallest absolute Gasteiger partial charge is 0.258 e. The predicted octanol–water partition coefficient (Wildman–Crippen LogP) is 3.08. The highest BCUT2D eigenvalue weighted by atomic mass is 32.2. The first kappa shape index (κ1) is 18.1. The quantitative estimate of drug-likeness (QED) is 0.624. The topological polar surface area (TPSA) is 83.5 Å². The zero-order chi connectivity index (χ0) is 19.0. The molecule has 0 saturated heterocycles. The molecule has 0 unspecified atom stereocenters. The second-order valence-electron chi connectivity index (χ2n) is 5.92. The van der Waals surface area contributed by atoms with E-state index in [2.05, 4.69) is 5.32 Å². The number of sulfonamides is 1. The molecule has 0 saturated carbocycles. The summed E-state index contributed by atoms with van der Waals surface area (Å²) in [6.07, 6.45) is 0. The molecule has 138 valence electrons. The number of amides is 2. The summed E-state index contributed by atoms with van der Waals surface area (Å²) in [4.78, 5) is 25.4. The average Bonchev–Trinajstić information content (AvgIpc) is 3.38. The summed E-state index contributed by atoms with van der Waals surface area (Å²) in [7, 11) is -3.86. The fourth-order valence-electron chi connectivity index (χ4n) is 2.84. The van der Waals surface area contributed by atoms with Gasteiger partial charge in [-0.25, -0.2) is 8.42 Å². The van der Waals surface area contributed by atoms with Crippen molar-refractivity contribution in [1.29, 1.82) is 0 Å². The first-order valence-corrected chi connectivity index (χ1v) is 11.2. The molecule has 0 fully saturated rings. The van der Waals surface area contributed by atoms with Crippen LogP contribution in [-0.4, -0.2) is 24.5 Å². The van der Waals surface area contributed by atoms with Gasteiger partial charge in [-0.15, -0.1) is 22.7 Å². The van der Waals surface area contributed by atoms with Crippen molar-refractivity contribution in [3.63, 3.8) is 0 Å². The lowest BCUT2D eigenvalue weighted by Gasteiger charge is -2.21. The number of hydrogen-bond acceptors (Lipinski definition) is 6. The molecular formula is C18H14N2O4S3. The van der Waals surface area contributed by atoms with E-state index in [-0.39, 0.29) is 29.1 Å². The van der Waals surface area contributed by atoms with E-state index in [0.29, 0.717) is 0 Å².